The Balaban J connectivity index is 1.87. The van der Waals surface area contributed by atoms with Crippen molar-refractivity contribution in [3.05, 3.63) is 35.4 Å². The fraction of sp³-hybridized carbons (Fsp3) is 0.611. The average Bonchev–Trinajstić information content (AvgIpc) is 2.53. The lowest BCUT2D eigenvalue weighted by molar-refractivity contribution is 0.0827. The molecule has 0 saturated carbocycles. The zero-order valence-corrected chi connectivity index (χ0v) is 14.1. The first kappa shape index (κ1) is 17.0. The molecule has 0 radical (unpaired) electrons. The van der Waals surface area contributed by atoms with Crippen molar-refractivity contribution in [3.8, 4) is 0 Å². The molecule has 1 aromatic carbocycles. The summed E-state index contributed by atoms with van der Waals surface area (Å²) in [5.74, 6) is 0.943. The molecule has 1 aromatic rings. The molecule has 1 aliphatic rings. The van der Waals surface area contributed by atoms with E-state index in [4.69, 9.17) is 0 Å². The topological polar surface area (TPSA) is 35.6 Å². The highest BCUT2D eigenvalue weighted by atomic mass is 16.2. The molecule has 1 amide bonds. The zero-order chi connectivity index (χ0) is 15.9. The Morgan fingerprint density at radius 2 is 2.05 bits per heavy atom. The van der Waals surface area contributed by atoms with Crippen LogP contribution in [-0.2, 0) is 6.54 Å². The Labute approximate surface area is 134 Å². The second kappa shape index (κ2) is 8.30. The molecule has 22 heavy (non-hydrogen) atoms. The van der Waals surface area contributed by atoms with Gasteiger partial charge in [0.05, 0.1) is 0 Å². The predicted octanol–water partition coefficient (Wildman–Crippen LogP) is 2.21. The smallest absolute Gasteiger partial charge is 0.253 e. The molecule has 0 spiro atoms. The number of amides is 1. The van der Waals surface area contributed by atoms with E-state index in [9.17, 15) is 4.79 Å². The van der Waals surface area contributed by atoms with Gasteiger partial charge in [0.2, 0.25) is 0 Å². The van der Waals surface area contributed by atoms with Crippen molar-refractivity contribution in [2.45, 2.75) is 25.8 Å². The molecular weight excluding hydrogens is 274 g/mol. The van der Waals surface area contributed by atoms with Crippen molar-refractivity contribution in [3.63, 3.8) is 0 Å². The van der Waals surface area contributed by atoms with E-state index < -0.39 is 0 Å². The van der Waals surface area contributed by atoms with E-state index in [2.05, 4.69) is 16.3 Å². The summed E-state index contributed by atoms with van der Waals surface area (Å²) < 4.78 is 0. The van der Waals surface area contributed by atoms with Gasteiger partial charge in [0.1, 0.15) is 0 Å². The van der Waals surface area contributed by atoms with Crippen molar-refractivity contribution in [2.75, 3.05) is 40.8 Å². The third-order valence-electron chi connectivity index (χ3n) is 4.50. The highest BCUT2D eigenvalue weighted by Crippen LogP contribution is 2.21. The van der Waals surface area contributed by atoms with Gasteiger partial charge in [-0.1, -0.05) is 12.1 Å². The summed E-state index contributed by atoms with van der Waals surface area (Å²) in [4.78, 5) is 16.2. The van der Waals surface area contributed by atoms with Crippen LogP contribution in [0, 0.1) is 5.92 Å². The minimum absolute atomic E-state index is 0.0765. The molecule has 1 heterocycles. The molecule has 1 N–H and O–H groups in total. The Morgan fingerprint density at radius 3 is 2.68 bits per heavy atom. The summed E-state index contributed by atoms with van der Waals surface area (Å²) in [5, 5.41) is 3.24. The van der Waals surface area contributed by atoms with Crippen LogP contribution in [0.1, 0.15) is 35.2 Å². The van der Waals surface area contributed by atoms with Crippen LogP contribution in [0.2, 0.25) is 0 Å². The molecule has 1 fully saturated rings. The monoisotopic (exact) mass is 303 g/mol. The quantitative estimate of drug-likeness (QED) is 0.875. The van der Waals surface area contributed by atoms with Gasteiger partial charge in [0, 0.05) is 26.2 Å². The molecular formula is C18H29N3O. The van der Waals surface area contributed by atoms with Gasteiger partial charge in [-0.25, -0.2) is 0 Å². The van der Waals surface area contributed by atoms with Crippen LogP contribution < -0.4 is 5.32 Å². The van der Waals surface area contributed by atoms with Crippen LogP contribution >= 0.6 is 0 Å². The van der Waals surface area contributed by atoms with Gasteiger partial charge in [-0.05, 0) is 69.6 Å². The second-order valence-electron chi connectivity index (χ2n) is 6.51. The van der Waals surface area contributed by atoms with E-state index in [0.717, 1.165) is 24.6 Å². The molecule has 1 saturated heterocycles. The summed E-state index contributed by atoms with van der Waals surface area (Å²) in [7, 11) is 5.62. The lowest BCUT2D eigenvalue weighted by Gasteiger charge is -2.32. The Bertz CT molecular complexity index is 479. The van der Waals surface area contributed by atoms with E-state index in [1.54, 1.807) is 19.0 Å². The minimum atomic E-state index is 0.0765. The number of hydrogen-bond acceptors (Lipinski definition) is 3. The number of likely N-dealkylation sites (tertiary alicyclic amines) is 1. The zero-order valence-electron chi connectivity index (χ0n) is 14.1. The van der Waals surface area contributed by atoms with E-state index in [1.807, 2.05) is 25.2 Å². The summed E-state index contributed by atoms with van der Waals surface area (Å²) in [6.07, 6.45) is 3.87. The number of piperidine rings is 1. The molecule has 0 unspecified atom stereocenters. The lowest BCUT2D eigenvalue weighted by Crippen LogP contribution is -2.34. The summed E-state index contributed by atoms with van der Waals surface area (Å²) >= 11 is 0. The highest BCUT2D eigenvalue weighted by molar-refractivity contribution is 5.94. The number of nitrogens with zero attached hydrogens (tertiary/aromatic N) is 2. The number of hydrogen-bond donors (Lipinski definition) is 1. The largest absolute Gasteiger partial charge is 0.345 e. The number of carbonyl (C=O) groups excluding carboxylic acids is 1. The van der Waals surface area contributed by atoms with Crippen LogP contribution in [0.3, 0.4) is 0 Å². The van der Waals surface area contributed by atoms with Gasteiger partial charge in [-0.15, -0.1) is 0 Å². The van der Waals surface area contributed by atoms with Crippen molar-refractivity contribution in [1.82, 2.24) is 15.1 Å². The van der Waals surface area contributed by atoms with Crippen LogP contribution in [0.4, 0.5) is 0 Å². The molecule has 0 aromatic heterocycles. The maximum absolute atomic E-state index is 12.0. The van der Waals surface area contributed by atoms with Gasteiger partial charge < -0.3 is 10.2 Å². The molecule has 2 rings (SSSR count). The maximum Gasteiger partial charge on any atom is 0.253 e. The average molecular weight is 303 g/mol. The van der Waals surface area contributed by atoms with Gasteiger partial charge >= 0.3 is 0 Å². The fourth-order valence-electron chi connectivity index (χ4n) is 3.10. The van der Waals surface area contributed by atoms with Crippen LogP contribution in [0.15, 0.2) is 24.3 Å². The Hall–Kier alpha value is -1.39. The number of benzene rings is 1. The predicted molar refractivity (Wildman–Crippen MR) is 91.0 cm³/mol. The first-order valence-electron chi connectivity index (χ1n) is 8.27. The molecule has 1 aliphatic heterocycles. The van der Waals surface area contributed by atoms with Crippen LogP contribution in [0.5, 0.6) is 0 Å². The Kier molecular flexibility index (Phi) is 6.40. The van der Waals surface area contributed by atoms with E-state index >= 15 is 0 Å². The lowest BCUT2D eigenvalue weighted by atomic mass is 9.93. The molecule has 4 heteroatoms. The number of carbonyl (C=O) groups is 1. The first-order valence-corrected chi connectivity index (χ1v) is 8.27. The third kappa shape index (κ3) is 4.82. The first-order chi connectivity index (χ1) is 10.6. The standard InChI is InChI=1S/C18H29N3O/c1-19-10-7-15-8-11-21(12-9-15)14-16-5-4-6-17(13-16)18(22)20(2)3/h4-6,13,15,19H,7-12,14H2,1-3H3. The molecule has 122 valence electrons. The van der Waals surface area contributed by atoms with Crippen LogP contribution in [0.25, 0.3) is 0 Å². The van der Waals surface area contributed by atoms with Gasteiger partial charge in [0.15, 0.2) is 0 Å². The summed E-state index contributed by atoms with van der Waals surface area (Å²) in [5.41, 5.74) is 2.02. The highest BCUT2D eigenvalue weighted by Gasteiger charge is 2.19. The Morgan fingerprint density at radius 1 is 1.32 bits per heavy atom. The summed E-state index contributed by atoms with van der Waals surface area (Å²) in [6.45, 7) is 4.41. The van der Waals surface area contributed by atoms with E-state index in [1.165, 1.54) is 37.9 Å². The molecule has 4 nitrogen and oxygen atoms in total. The van der Waals surface area contributed by atoms with Crippen LogP contribution in [-0.4, -0.2) is 56.5 Å². The van der Waals surface area contributed by atoms with E-state index in [-0.39, 0.29) is 5.91 Å². The summed E-state index contributed by atoms with van der Waals surface area (Å²) in [6, 6.07) is 8.05. The molecule has 0 bridgehead atoms. The fourth-order valence-corrected chi connectivity index (χ4v) is 3.10. The number of nitrogens with one attached hydrogen (secondary N) is 1. The second-order valence-corrected chi connectivity index (χ2v) is 6.51. The maximum atomic E-state index is 12.0. The van der Waals surface area contributed by atoms with Gasteiger partial charge in [-0.3, -0.25) is 9.69 Å². The van der Waals surface area contributed by atoms with E-state index in [0.29, 0.717) is 0 Å². The van der Waals surface area contributed by atoms with Gasteiger partial charge in [-0.2, -0.15) is 0 Å². The van der Waals surface area contributed by atoms with Crippen molar-refractivity contribution in [2.24, 2.45) is 5.92 Å². The van der Waals surface area contributed by atoms with Crippen molar-refractivity contribution >= 4 is 5.91 Å². The van der Waals surface area contributed by atoms with Crippen molar-refractivity contribution < 1.29 is 4.79 Å². The normalized spacial score (nSPS) is 16.7. The van der Waals surface area contributed by atoms with Crippen molar-refractivity contribution in [1.29, 1.82) is 0 Å². The SMILES string of the molecule is CNCCC1CCN(Cc2cccc(C(=O)N(C)C)c2)CC1. The number of rotatable bonds is 6. The van der Waals surface area contributed by atoms with Gasteiger partial charge in [0.25, 0.3) is 5.91 Å². The molecule has 0 atom stereocenters. The molecule has 0 aliphatic carbocycles. The third-order valence-corrected chi connectivity index (χ3v) is 4.50. The minimum Gasteiger partial charge on any atom is -0.345 e.